The lowest BCUT2D eigenvalue weighted by molar-refractivity contribution is 0.171. The number of hydrogen-bond acceptors (Lipinski definition) is 2. The van der Waals surface area contributed by atoms with Gasteiger partial charge in [0.1, 0.15) is 5.75 Å². The molecule has 0 unspecified atom stereocenters. The summed E-state index contributed by atoms with van der Waals surface area (Å²) in [4.78, 5) is 0. The van der Waals surface area contributed by atoms with Crippen molar-refractivity contribution in [1.82, 2.24) is 4.31 Å². The van der Waals surface area contributed by atoms with Crippen molar-refractivity contribution in [2.75, 3.05) is 18.8 Å². The summed E-state index contributed by atoms with van der Waals surface area (Å²) in [6, 6.07) is 0. The molecule has 0 aromatic rings. The van der Waals surface area contributed by atoms with Gasteiger partial charge in [0.05, 0.1) is 0 Å². The van der Waals surface area contributed by atoms with E-state index in [0.717, 1.165) is 19.3 Å². The average molecular weight is 213 g/mol. The molecular weight excluding hydrogens is 200 g/mol. The second kappa shape index (κ2) is 4.32. The fraction of sp³-hybridized carbons (Fsp3) is 1.00. The molecule has 1 rings (SSSR count). The van der Waals surface area contributed by atoms with E-state index in [0.29, 0.717) is 13.1 Å². The smallest absolute Gasteiger partial charge is 0.212 e. The minimum atomic E-state index is -3.70. The second-order valence-corrected chi connectivity index (χ2v) is 5.14. The summed E-state index contributed by atoms with van der Waals surface area (Å²) in [5.74, 6) is -1.03. The first-order valence-corrected chi connectivity index (χ1v) is 5.89. The predicted octanol–water partition coefficient (Wildman–Crippen LogP) is 1.07. The van der Waals surface area contributed by atoms with E-state index < -0.39 is 22.2 Å². The fourth-order valence-electron chi connectivity index (χ4n) is 1.41. The van der Waals surface area contributed by atoms with Crippen LogP contribution in [0.5, 0.6) is 0 Å². The molecule has 0 saturated carbocycles. The topological polar surface area (TPSA) is 37.4 Å². The molecule has 6 heteroatoms. The van der Waals surface area contributed by atoms with E-state index in [9.17, 15) is 17.2 Å². The van der Waals surface area contributed by atoms with Crippen molar-refractivity contribution < 1.29 is 17.2 Å². The van der Waals surface area contributed by atoms with Gasteiger partial charge in [-0.15, -0.1) is 0 Å². The van der Waals surface area contributed by atoms with Gasteiger partial charge in [-0.05, 0) is 12.8 Å². The largest absolute Gasteiger partial charge is 0.253 e. The monoisotopic (exact) mass is 213 g/mol. The second-order valence-electron chi connectivity index (χ2n) is 3.13. The molecule has 0 radical (unpaired) electrons. The van der Waals surface area contributed by atoms with Crippen LogP contribution in [0.2, 0.25) is 0 Å². The third-order valence-corrected chi connectivity index (χ3v) is 3.87. The Labute approximate surface area is 76.8 Å². The Balaban J connectivity index is 2.57. The van der Waals surface area contributed by atoms with Crippen molar-refractivity contribution in [2.45, 2.75) is 25.7 Å². The molecule has 3 nitrogen and oxygen atoms in total. The molecule has 1 saturated heterocycles. The lowest BCUT2D eigenvalue weighted by Crippen LogP contribution is -2.38. The lowest BCUT2D eigenvalue weighted by Gasteiger charge is -2.25. The van der Waals surface area contributed by atoms with Gasteiger partial charge >= 0.3 is 0 Å². The van der Waals surface area contributed by atoms with Gasteiger partial charge in [-0.2, -0.15) is 0 Å². The van der Waals surface area contributed by atoms with Crippen LogP contribution in [0.3, 0.4) is 0 Å². The molecule has 13 heavy (non-hydrogen) atoms. The normalized spacial score (nSPS) is 20.8. The van der Waals surface area contributed by atoms with E-state index >= 15 is 0 Å². The van der Waals surface area contributed by atoms with Gasteiger partial charge in [0, 0.05) is 13.1 Å². The number of piperidine rings is 1. The number of alkyl halides is 2. The zero-order chi connectivity index (χ0) is 9.90. The lowest BCUT2D eigenvalue weighted by atomic mass is 10.2. The minimum Gasteiger partial charge on any atom is -0.212 e. The van der Waals surface area contributed by atoms with E-state index in [4.69, 9.17) is 0 Å². The van der Waals surface area contributed by atoms with Crippen LogP contribution in [0.25, 0.3) is 0 Å². The molecule has 1 fully saturated rings. The summed E-state index contributed by atoms with van der Waals surface area (Å²) in [6.07, 6.45) is -0.224. The van der Waals surface area contributed by atoms with Gasteiger partial charge in [0.25, 0.3) is 6.43 Å². The van der Waals surface area contributed by atoms with E-state index in [1.807, 2.05) is 0 Å². The highest BCUT2D eigenvalue weighted by atomic mass is 32.2. The van der Waals surface area contributed by atoms with Crippen molar-refractivity contribution in [3.63, 3.8) is 0 Å². The maximum Gasteiger partial charge on any atom is 0.253 e. The number of halogens is 2. The van der Waals surface area contributed by atoms with Crippen LogP contribution in [-0.4, -0.2) is 38.0 Å². The Bertz CT molecular complexity index is 247. The van der Waals surface area contributed by atoms with E-state index in [1.54, 1.807) is 0 Å². The molecule has 0 aromatic heterocycles. The van der Waals surface area contributed by atoms with Crippen molar-refractivity contribution in [3.8, 4) is 0 Å². The van der Waals surface area contributed by atoms with Gasteiger partial charge in [0.2, 0.25) is 10.0 Å². The Morgan fingerprint density at radius 2 is 1.69 bits per heavy atom. The van der Waals surface area contributed by atoms with Crippen LogP contribution in [-0.2, 0) is 10.0 Å². The quantitative estimate of drug-likeness (QED) is 0.703. The molecule has 0 bridgehead atoms. The van der Waals surface area contributed by atoms with Gasteiger partial charge < -0.3 is 0 Å². The first kappa shape index (κ1) is 10.8. The van der Waals surface area contributed by atoms with Crippen molar-refractivity contribution in [2.24, 2.45) is 0 Å². The summed E-state index contributed by atoms with van der Waals surface area (Å²) in [7, 11) is -3.70. The molecule has 0 N–H and O–H groups in total. The number of sulfonamides is 1. The van der Waals surface area contributed by atoms with Crippen LogP contribution in [0.4, 0.5) is 8.78 Å². The third-order valence-electron chi connectivity index (χ3n) is 2.05. The minimum absolute atomic E-state index is 0.398. The Kier molecular flexibility index (Phi) is 3.61. The van der Waals surface area contributed by atoms with Crippen LogP contribution in [0.15, 0.2) is 0 Å². The molecule has 1 aliphatic rings. The fourth-order valence-corrected chi connectivity index (χ4v) is 2.75. The third kappa shape index (κ3) is 3.19. The molecule has 0 aromatic carbocycles. The maximum atomic E-state index is 11.9. The van der Waals surface area contributed by atoms with E-state index in [2.05, 4.69) is 0 Å². The summed E-state index contributed by atoms with van der Waals surface area (Å²) in [5, 5.41) is 0. The highest BCUT2D eigenvalue weighted by molar-refractivity contribution is 7.89. The zero-order valence-corrected chi connectivity index (χ0v) is 8.06. The van der Waals surface area contributed by atoms with Gasteiger partial charge in [0.15, 0.2) is 0 Å². The predicted molar refractivity (Wildman–Crippen MR) is 45.2 cm³/mol. The Morgan fingerprint density at radius 3 is 2.15 bits per heavy atom. The SMILES string of the molecule is O=S(=O)(CC(F)F)N1CCCCC1. The molecule has 1 heterocycles. The average Bonchev–Trinajstić information content (AvgIpc) is 2.04. The molecule has 78 valence electrons. The maximum absolute atomic E-state index is 11.9. The number of hydrogen-bond donors (Lipinski definition) is 0. The Morgan fingerprint density at radius 1 is 1.15 bits per heavy atom. The molecular formula is C7H13F2NO2S. The highest BCUT2D eigenvalue weighted by Crippen LogP contribution is 2.14. The van der Waals surface area contributed by atoms with Crippen LogP contribution < -0.4 is 0 Å². The van der Waals surface area contributed by atoms with Crippen molar-refractivity contribution in [1.29, 1.82) is 0 Å². The zero-order valence-electron chi connectivity index (χ0n) is 7.25. The van der Waals surface area contributed by atoms with E-state index in [-0.39, 0.29) is 0 Å². The standard InChI is InChI=1S/C7H13F2NO2S/c8-7(9)6-13(11,12)10-4-2-1-3-5-10/h7H,1-6H2. The summed E-state index contributed by atoms with van der Waals surface area (Å²) < 4.78 is 47.4. The first-order chi connectivity index (χ1) is 6.02. The Hall–Kier alpha value is -0.230. The molecule has 0 atom stereocenters. The number of rotatable bonds is 3. The molecule has 0 spiro atoms. The summed E-state index contributed by atoms with van der Waals surface area (Å²) in [5.41, 5.74) is 0. The summed E-state index contributed by atoms with van der Waals surface area (Å²) >= 11 is 0. The van der Waals surface area contributed by atoms with Gasteiger partial charge in [-0.3, -0.25) is 0 Å². The highest BCUT2D eigenvalue weighted by Gasteiger charge is 2.26. The van der Waals surface area contributed by atoms with Crippen LogP contribution >= 0.6 is 0 Å². The van der Waals surface area contributed by atoms with Gasteiger partial charge in [-0.1, -0.05) is 6.42 Å². The number of nitrogens with zero attached hydrogens (tertiary/aromatic N) is 1. The van der Waals surface area contributed by atoms with Gasteiger partial charge in [-0.25, -0.2) is 21.5 Å². The van der Waals surface area contributed by atoms with Crippen molar-refractivity contribution in [3.05, 3.63) is 0 Å². The first-order valence-electron chi connectivity index (χ1n) is 4.28. The van der Waals surface area contributed by atoms with Crippen LogP contribution in [0, 0.1) is 0 Å². The molecule has 1 aliphatic heterocycles. The van der Waals surface area contributed by atoms with Crippen LogP contribution in [0.1, 0.15) is 19.3 Å². The summed E-state index contributed by atoms with van der Waals surface area (Å²) in [6.45, 7) is 0.796. The molecule has 0 amide bonds. The van der Waals surface area contributed by atoms with Crippen molar-refractivity contribution >= 4 is 10.0 Å². The molecule has 0 aliphatic carbocycles. The van der Waals surface area contributed by atoms with E-state index in [1.165, 1.54) is 4.31 Å².